The van der Waals surface area contributed by atoms with Crippen LogP contribution in [0.3, 0.4) is 0 Å². The zero-order valence-electron chi connectivity index (χ0n) is 8.11. The Morgan fingerprint density at radius 2 is 1.77 bits per heavy atom. The van der Waals surface area contributed by atoms with Crippen molar-refractivity contribution in [2.24, 2.45) is 0 Å². The van der Waals surface area contributed by atoms with Gasteiger partial charge in [0.05, 0.1) is 5.60 Å². The summed E-state index contributed by atoms with van der Waals surface area (Å²) in [6.45, 7) is 5.69. The number of carbonyl (C=O) groups is 1. The van der Waals surface area contributed by atoms with E-state index in [1.807, 2.05) is 20.8 Å². The van der Waals surface area contributed by atoms with Gasteiger partial charge in [-0.1, -0.05) is 0 Å². The van der Waals surface area contributed by atoms with E-state index in [-0.39, 0.29) is 17.5 Å². The summed E-state index contributed by atoms with van der Waals surface area (Å²) in [5, 5.41) is 0. The summed E-state index contributed by atoms with van der Waals surface area (Å²) in [7, 11) is 0. The van der Waals surface area contributed by atoms with Crippen molar-refractivity contribution in [3.63, 3.8) is 0 Å². The molecule has 0 fully saturated rings. The maximum Gasteiger partial charge on any atom is 0.178 e. The monoisotopic (exact) mass is 182 g/mol. The first-order valence-electron chi connectivity index (χ1n) is 4.22. The molecule has 0 heterocycles. The normalized spacial score (nSPS) is 18.2. The predicted octanol–water partition coefficient (Wildman–Crippen LogP) is 1.80. The van der Waals surface area contributed by atoms with Crippen molar-refractivity contribution in [3.8, 4) is 0 Å². The van der Waals surface area contributed by atoms with E-state index in [1.54, 1.807) is 12.2 Å². The smallest absolute Gasteiger partial charge is 0.178 e. The Morgan fingerprint density at radius 3 is 2.23 bits per heavy atom. The molecule has 0 aromatic carbocycles. The van der Waals surface area contributed by atoms with Gasteiger partial charge in [0.2, 0.25) is 0 Å². The zero-order valence-corrected chi connectivity index (χ0v) is 8.11. The maximum absolute atomic E-state index is 10.7. The van der Waals surface area contributed by atoms with Crippen LogP contribution in [0, 0.1) is 0 Å². The van der Waals surface area contributed by atoms with Crippen LogP contribution in [0.2, 0.25) is 0 Å². The van der Waals surface area contributed by atoms with Gasteiger partial charge in [-0.3, -0.25) is 4.79 Å². The molecule has 0 aliphatic heterocycles. The Balaban J connectivity index is 2.36. The molecule has 0 saturated carbocycles. The lowest BCUT2D eigenvalue weighted by molar-refractivity contribution is -0.357. The van der Waals surface area contributed by atoms with Gasteiger partial charge in [-0.15, -0.1) is 0 Å². The predicted molar refractivity (Wildman–Crippen MR) is 49.0 cm³/mol. The summed E-state index contributed by atoms with van der Waals surface area (Å²) in [5.41, 5.74) is -0.330. The molecular formula is C10H14O3. The Morgan fingerprint density at radius 1 is 1.23 bits per heavy atom. The van der Waals surface area contributed by atoms with Gasteiger partial charge >= 0.3 is 0 Å². The molecule has 0 aromatic heterocycles. The highest BCUT2D eigenvalue weighted by Crippen LogP contribution is 2.11. The van der Waals surface area contributed by atoms with Crippen LogP contribution in [0.25, 0.3) is 0 Å². The summed E-state index contributed by atoms with van der Waals surface area (Å²) in [6, 6.07) is 0. The Bertz CT molecular complexity index is 229. The molecule has 0 spiro atoms. The fourth-order valence-electron chi connectivity index (χ4n) is 0.763. The lowest BCUT2D eigenvalue weighted by atomic mass is 10.1. The first-order chi connectivity index (χ1) is 5.97. The third-order valence-corrected chi connectivity index (χ3v) is 1.31. The van der Waals surface area contributed by atoms with Crippen LogP contribution in [0.1, 0.15) is 20.8 Å². The molecule has 0 bridgehead atoms. The molecule has 3 nitrogen and oxygen atoms in total. The van der Waals surface area contributed by atoms with Crippen LogP contribution >= 0.6 is 0 Å². The number of hydrogen-bond acceptors (Lipinski definition) is 3. The minimum Gasteiger partial charge on any atom is -0.290 e. The number of hydrogen-bond donors (Lipinski definition) is 0. The standard InChI is InChI=1S/C10H14O3/c1-10(2,3)13-12-9-6-4-8(11)5-7-9/h4-7,9H,1-3H3. The van der Waals surface area contributed by atoms with E-state index in [4.69, 9.17) is 9.78 Å². The molecule has 72 valence electrons. The molecule has 0 radical (unpaired) electrons. The molecule has 0 saturated heterocycles. The highest BCUT2D eigenvalue weighted by Gasteiger charge is 2.15. The van der Waals surface area contributed by atoms with Gasteiger partial charge in [0, 0.05) is 0 Å². The summed E-state index contributed by atoms with van der Waals surface area (Å²) in [6.07, 6.45) is 6.01. The van der Waals surface area contributed by atoms with E-state index in [0.29, 0.717) is 0 Å². The largest absolute Gasteiger partial charge is 0.290 e. The van der Waals surface area contributed by atoms with Gasteiger partial charge in [0.15, 0.2) is 5.78 Å². The molecule has 0 amide bonds. The minimum atomic E-state index is -0.330. The second-order valence-electron chi connectivity index (χ2n) is 3.88. The number of ketones is 1. The average molecular weight is 182 g/mol. The summed E-state index contributed by atoms with van der Waals surface area (Å²) in [4.78, 5) is 20.9. The number of rotatable bonds is 2. The van der Waals surface area contributed by atoms with Crippen molar-refractivity contribution < 1.29 is 14.6 Å². The lowest BCUT2D eigenvalue weighted by Crippen LogP contribution is -2.23. The molecule has 0 unspecified atom stereocenters. The van der Waals surface area contributed by atoms with Gasteiger partial charge in [-0.2, -0.15) is 0 Å². The van der Waals surface area contributed by atoms with E-state index in [0.717, 1.165) is 0 Å². The summed E-state index contributed by atoms with van der Waals surface area (Å²) < 4.78 is 0. The maximum atomic E-state index is 10.7. The number of carbonyl (C=O) groups excluding carboxylic acids is 1. The molecule has 1 rings (SSSR count). The van der Waals surface area contributed by atoms with Crippen molar-refractivity contribution in [1.29, 1.82) is 0 Å². The van der Waals surface area contributed by atoms with Gasteiger partial charge < -0.3 is 0 Å². The third-order valence-electron chi connectivity index (χ3n) is 1.31. The third kappa shape index (κ3) is 4.01. The minimum absolute atomic E-state index is 0.0180. The van der Waals surface area contributed by atoms with Crippen molar-refractivity contribution in [2.75, 3.05) is 0 Å². The molecule has 0 aromatic rings. The Labute approximate surface area is 78.0 Å². The molecule has 0 atom stereocenters. The first kappa shape index (κ1) is 10.2. The van der Waals surface area contributed by atoms with Crippen LogP contribution in [0.5, 0.6) is 0 Å². The second-order valence-corrected chi connectivity index (χ2v) is 3.88. The van der Waals surface area contributed by atoms with E-state index in [2.05, 4.69) is 0 Å². The van der Waals surface area contributed by atoms with Crippen molar-refractivity contribution in [1.82, 2.24) is 0 Å². The van der Waals surface area contributed by atoms with E-state index in [1.165, 1.54) is 12.2 Å². The fraction of sp³-hybridized carbons (Fsp3) is 0.500. The van der Waals surface area contributed by atoms with Crippen LogP contribution in [0.4, 0.5) is 0 Å². The molecule has 3 heteroatoms. The summed E-state index contributed by atoms with van der Waals surface area (Å²) >= 11 is 0. The first-order valence-corrected chi connectivity index (χ1v) is 4.22. The van der Waals surface area contributed by atoms with Crippen LogP contribution in [-0.4, -0.2) is 17.5 Å². The van der Waals surface area contributed by atoms with Crippen LogP contribution < -0.4 is 0 Å². The van der Waals surface area contributed by atoms with E-state index < -0.39 is 0 Å². The van der Waals surface area contributed by atoms with Crippen LogP contribution in [-0.2, 0) is 14.6 Å². The molecular weight excluding hydrogens is 168 g/mol. The second kappa shape index (κ2) is 3.85. The van der Waals surface area contributed by atoms with Gasteiger partial charge in [0.25, 0.3) is 0 Å². The Kier molecular flexibility index (Phi) is 3.01. The zero-order chi connectivity index (χ0) is 9.90. The van der Waals surface area contributed by atoms with E-state index in [9.17, 15) is 4.79 Å². The van der Waals surface area contributed by atoms with Crippen molar-refractivity contribution in [2.45, 2.75) is 32.5 Å². The van der Waals surface area contributed by atoms with Crippen LogP contribution in [0.15, 0.2) is 24.3 Å². The lowest BCUT2D eigenvalue weighted by Gasteiger charge is -2.20. The SMILES string of the molecule is CC(C)(C)OOC1C=CC(=O)C=C1. The molecule has 1 aliphatic rings. The highest BCUT2D eigenvalue weighted by atomic mass is 17.2. The van der Waals surface area contributed by atoms with Crippen molar-refractivity contribution >= 4 is 5.78 Å². The topological polar surface area (TPSA) is 35.5 Å². The molecule has 1 aliphatic carbocycles. The highest BCUT2D eigenvalue weighted by molar-refractivity contribution is 6.00. The van der Waals surface area contributed by atoms with E-state index >= 15 is 0 Å². The Hall–Kier alpha value is -0.930. The van der Waals surface area contributed by atoms with Gasteiger partial charge in [-0.05, 0) is 45.1 Å². The van der Waals surface area contributed by atoms with Gasteiger partial charge in [-0.25, -0.2) is 9.78 Å². The molecule has 13 heavy (non-hydrogen) atoms. The quantitative estimate of drug-likeness (QED) is 0.482. The van der Waals surface area contributed by atoms with Crippen molar-refractivity contribution in [3.05, 3.63) is 24.3 Å². The molecule has 0 N–H and O–H groups in total. The van der Waals surface area contributed by atoms with Gasteiger partial charge in [0.1, 0.15) is 6.10 Å². The summed E-state index contributed by atoms with van der Waals surface area (Å²) in [5.74, 6) is -0.0180. The average Bonchev–Trinajstić information content (AvgIpc) is 2.02. The number of allylic oxidation sites excluding steroid dienone is 2. The fourth-order valence-corrected chi connectivity index (χ4v) is 0.763.